The maximum atomic E-state index is 12.5. The van der Waals surface area contributed by atoms with Crippen molar-refractivity contribution in [1.29, 1.82) is 0 Å². The highest BCUT2D eigenvalue weighted by molar-refractivity contribution is 7.85. The summed E-state index contributed by atoms with van der Waals surface area (Å²) in [6.45, 7) is 9.71. The van der Waals surface area contributed by atoms with Gasteiger partial charge in [0.25, 0.3) is 16.0 Å². The van der Waals surface area contributed by atoms with Gasteiger partial charge < -0.3 is 10.2 Å². The lowest BCUT2D eigenvalue weighted by Gasteiger charge is -2.38. The molecule has 0 spiro atoms. The Morgan fingerprint density at radius 1 is 0.833 bits per heavy atom. The molecular weight excluding hydrogens is 548 g/mol. The fraction of sp³-hybridized carbons (Fsp3) is 0.818. The fourth-order valence-electron chi connectivity index (χ4n) is 5.57. The largest absolute Gasteiger partial charge is 0.354 e. The lowest BCUT2D eigenvalue weighted by molar-refractivity contribution is 0.0952. The zero-order valence-corrected chi connectivity index (χ0v) is 27.8. The molecule has 1 amide bonds. The standard InChI is InChI=1S/C33H60N4O4S/c1-4-30(2)36-24-26-37(27-25-36)32-22-21-31(29-35-32)33(38)34-23-19-17-15-13-11-9-7-5-6-8-10-12-14-16-18-20-28-41-42(3,39)40/h21-22,29-30H,4-20,23-28H2,1-3H3,(H,34,38). The van der Waals surface area contributed by atoms with Crippen LogP contribution in [0.4, 0.5) is 5.82 Å². The third-order valence-electron chi connectivity index (χ3n) is 8.52. The average molecular weight is 609 g/mol. The quantitative estimate of drug-likeness (QED) is 0.100. The van der Waals surface area contributed by atoms with Crippen LogP contribution < -0.4 is 10.2 Å². The first-order valence-corrected chi connectivity index (χ1v) is 18.7. The van der Waals surface area contributed by atoms with Gasteiger partial charge in [-0.2, -0.15) is 8.42 Å². The monoisotopic (exact) mass is 608 g/mol. The molecule has 1 aliphatic heterocycles. The van der Waals surface area contributed by atoms with Crippen molar-refractivity contribution in [2.75, 3.05) is 50.5 Å². The number of aromatic nitrogens is 1. The number of pyridine rings is 1. The Morgan fingerprint density at radius 3 is 1.79 bits per heavy atom. The minimum Gasteiger partial charge on any atom is -0.354 e. The molecule has 242 valence electrons. The van der Waals surface area contributed by atoms with Crippen molar-refractivity contribution in [3.8, 4) is 0 Å². The first-order chi connectivity index (χ1) is 20.3. The van der Waals surface area contributed by atoms with Crippen molar-refractivity contribution in [1.82, 2.24) is 15.2 Å². The molecule has 2 heterocycles. The highest BCUT2D eigenvalue weighted by Crippen LogP contribution is 2.17. The number of nitrogens with one attached hydrogen (secondary N) is 1. The average Bonchev–Trinajstić information content (AvgIpc) is 2.99. The van der Waals surface area contributed by atoms with Crippen molar-refractivity contribution in [2.24, 2.45) is 0 Å². The highest BCUT2D eigenvalue weighted by atomic mass is 32.2. The van der Waals surface area contributed by atoms with Gasteiger partial charge in [-0.25, -0.2) is 4.98 Å². The number of rotatable bonds is 24. The van der Waals surface area contributed by atoms with E-state index >= 15 is 0 Å². The topological polar surface area (TPSA) is 91.8 Å². The summed E-state index contributed by atoms with van der Waals surface area (Å²) in [5.41, 5.74) is 0.645. The first kappa shape index (κ1) is 36.5. The number of amides is 1. The summed E-state index contributed by atoms with van der Waals surface area (Å²) in [7, 11) is -3.28. The minimum atomic E-state index is -3.28. The zero-order chi connectivity index (χ0) is 30.5. The molecule has 1 aromatic rings. The fourth-order valence-corrected chi connectivity index (χ4v) is 5.99. The molecule has 0 aliphatic carbocycles. The van der Waals surface area contributed by atoms with Crippen LogP contribution in [0.15, 0.2) is 18.3 Å². The summed E-state index contributed by atoms with van der Waals surface area (Å²) in [6.07, 6.45) is 23.7. The van der Waals surface area contributed by atoms with Gasteiger partial charge in [-0.1, -0.05) is 96.8 Å². The summed E-state index contributed by atoms with van der Waals surface area (Å²) < 4.78 is 26.5. The minimum absolute atomic E-state index is 0.0207. The number of piperazine rings is 1. The summed E-state index contributed by atoms with van der Waals surface area (Å²) in [6, 6.07) is 4.53. The van der Waals surface area contributed by atoms with Gasteiger partial charge in [0, 0.05) is 45.0 Å². The number of anilines is 1. The van der Waals surface area contributed by atoms with Gasteiger partial charge in [-0.3, -0.25) is 13.9 Å². The Balaban J connectivity index is 1.35. The van der Waals surface area contributed by atoms with E-state index in [0.29, 0.717) is 18.2 Å². The predicted molar refractivity (Wildman–Crippen MR) is 175 cm³/mol. The number of nitrogens with zero attached hydrogens (tertiary/aromatic N) is 3. The van der Waals surface area contributed by atoms with E-state index in [1.807, 2.05) is 12.1 Å². The second-order valence-corrected chi connectivity index (χ2v) is 13.8. The molecule has 0 saturated carbocycles. The van der Waals surface area contributed by atoms with Crippen molar-refractivity contribution in [3.05, 3.63) is 23.9 Å². The Morgan fingerprint density at radius 2 is 1.33 bits per heavy atom. The smallest absolute Gasteiger partial charge is 0.264 e. The van der Waals surface area contributed by atoms with Gasteiger partial charge in [0.05, 0.1) is 18.4 Å². The van der Waals surface area contributed by atoms with E-state index in [0.717, 1.165) is 64.1 Å². The van der Waals surface area contributed by atoms with Gasteiger partial charge in [-0.15, -0.1) is 0 Å². The molecule has 0 aromatic carbocycles. The molecule has 1 aromatic heterocycles. The van der Waals surface area contributed by atoms with Crippen LogP contribution in [0.5, 0.6) is 0 Å². The first-order valence-electron chi connectivity index (χ1n) is 16.9. The Labute approximate surface area is 257 Å². The molecule has 1 atom stereocenters. The summed E-state index contributed by atoms with van der Waals surface area (Å²) >= 11 is 0. The lowest BCUT2D eigenvalue weighted by Crippen LogP contribution is -2.49. The lowest BCUT2D eigenvalue weighted by atomic mass is 10.0. The van der Waals surface area contributed by atoms with Crippen molar-refractivity contribution in [3.63, 3.8) is 0 Å². The molecular formula is C33H60N4O4S. The van der Waals surface area contributed by atoms with Crippen LogP contribution in [0.25, 0.3) is 0 Å². The van der Waals surface area contributed by atoms with Gasteiger partial charge >= 0.3 is 0 Å². The van der Waals surface area contributed by atoms with E-state index in [9.17, 15) is 13.2 Å². The maximum Gasteiger partial charge on any atom is 0.264 e. The molecule has 42 heavy (non-hydrogen) atoms. The summed E-state index contributed by atoms with van der Waals surface area (Å²) in [5.74, 6) is 0.948. The highest BCUT2D eigenvalue weighted by Gasteiger charge is 2.21. The van der Waals surface area contributed by atoms with Crippen LogP contribution in [-0.2, 0) is 14.3 Å². The third kappa shape index (κ3) is 16.8. The van der Waals surface area contributed by atoms with Crippen molar-refractivity contribution < 1.29 is 17.4 Å². The number of unbranched alkanes of at least 4 members (excludes halogenated alkanes) is 15. The molecule has 1 fully saturated rings. The van der Waals surface area contributed by atoms with Crippen LogP contribution in [0.3, 0.4) is 0 Å². The SMILES string of the molecule is CCC(C)N1CCN(c2ccc(C(=O)NCCCCCCCCCCCCCCCCCCOS(C)(=O)=O)cn2)CC1. The van der Waals surface area contributed by atoms with Crippen LogP contribution in [0.2, 0.25) is 0 Å². The Hall–Kier alpha value is -1.71. The van der Waals surface area contributed by atoms with E-state index in [4.69, 9.17) is 4.18 Å². The number of carbonyl (C=O) groups excluding carboxylic acids is 1. The zero-order valence-electron chi connectivity index (χ0n) is 27.0. The van der Waals surface area contributed by atoms with E-state index in [-0.39, 0.29) is 5.91 Å². The van der Waals surface area contributed by atoms with Crippen LogP contribution >= 0.6 is 0 Å². The Kier molecular flexibility index (Phi) is 19.0. The van der Waals surface area contributed by atoms with Gasteiger partial charge in [0.1, 0.15) is 5.82 Å². The molecule has 9 heteroatoms. The Bertz CT molecular complexity index is 934. The summed E-state index contributed by atoms with van der Waals surface area (Å²) in [5, 5.41) is 3.06. The van der Waals surface area contributed by atoms with E-state index in [1.165, 1.54) is 89.9 Å². The van der Waals surface area contributed by atoms with Gasteiger partial charge in [-0.05, 0) is 38.3 Å². The van der Waals surface area contributed by atoms with Crippen LogP contribution in [-0.4, -0.2) is 75.8 Å². The number of hydrogen-bond donors (Lipinski definition) is 1. The maximum absolute atomic E-state index is 12.5. The van der Waals surface area contributed by atoms with E-state index in [1.54, 1.807) is 6.20 Å². The normalized spacial score (nSPS) is 15.2. The van der Waals surface area contributed by atoms with Gasteiger partial charge in [0.2, 0.25) is 0 Å². The number of hydrogen-bond acceptors (Lipinski definition) is 7. The predicted octanol–water partition coefficient (Wildman–Crippen LogP) is 6.95. The second-order valence-electron chi connectivity index (χ2n) is 12.1. The van der Waals surface area contributed by atoms with Crippen LogP contribution in [0, 0.1) is 0 Å². The summed E-state index contributed by atoms with van der Waals surface area (Å²) in [4.78, 5) is 21.9. The van der Waals surface area contributed by atoms with E-state index in [2.05, 4.69) is 33.9 Å². The molecule has 1 aliphatic rings. The van der Waals surface area contributed by atoms with Crippen molar-refractivity contribution in [2.45, 2.75) is 129 Å². The number of carbonyl (C=O) groups is 1. The molecule has 2 rings (SSSR count). The van der Waals surface area contributed by atoms with Crippen LogP contribution in [0.1, 0.15) is 133 Å². The van der Waals surface area contributed by atoms with E-state index < -0.39 is 10.1 Å². The molecule has 8 nitrogen and oxygen atoms in total. The molecule has 1 unspecified atom stereocenters. The molecule has 0 bridgehead atoms. The van der Waals surface area contributed by atoms with Gasteiger partial charge in [0.15, 0.2) is 0 Å². The van der Waals surface area contributed by atoms with Crippen molar-refractivity contribution >= 4 is 21.8 Å². The molecule has 1 N–H and O–H groups in total. The third-order valence-corrected chi connectivity index (χ3v) is 9.11. The molecule has 1 saturated heterocycles. The second kappa shape index (κ2) is 21.9. The molecule has 0 radical (unpaired) electrons.